The monoisotopic (exact) mass is 146 g/mol. The number of aromatic nitrogens is 1. The number of anilines is 1. The van der Waals surface area contributed by atoms with E-state index in [2.05, 4.69) is 4.98 Å². The third kappa shape index (κ3) is 1.14. The predicted molar refractivity (Wildman–Crippen MR) is 38.3 cm³/mol. The van der Waals surface area contributed by atoms with Crippen molar-refractivity contribution in [3.05, 3.63) is 6.20 Å². The summed E-state index contributed by atoms with van der Waals surface area (Å²) in [5.74, 6) is 0. The fourth-order valence-corrected chi connectivity index (χ4v) is 1.53. The SMILES string of the molecule is CSc1cnc(N)s1. The molecule has 0 aliphatic heterocycles. The number of thioether (sulfide) groups is 1. The van der Waals surface area contributed by atoms with E-state index in [1.807, 2.05) is 6.26 Å². The maximum Gasteiger partial charge on any atom is 0.181 e. The van der Waals surface area contributed by atoms with Crippen LogP contribution in [0.3, 0.4) is 0 Å². The van der Waals surface area contributed by atoms with Gasteiger partial charge < -0.3 is 5.73 Å². The normalized spacial score (nSPS) is 9.62. The Bertz CT molecular complexity index is 172. The molecule has 0 bridgehead atoms. The van der Waals surface area contributed by atoms with Crippen LogP contribution in [0.15, 0.2) is 10.4 Å². The zero-order chi connectivity index (χ0) is 5.98. The predicted octanol–water partition coefficient (Wildman–Crippen LogP) is 1.45. The van der Waals surface area contributed by atoms with Crippen LogP contribution in [0.5, 0.6) is 0 Å². The minimum Gasteiger partial charge on any atom is -0.375 e. The first-order chi connectivity index (χ1) is 3.83. The maximum absolute atomic E-state index is 5.35. The van der Waals surface area contributed by atoms with Crippen LogP contribution in [0.2, 0.25) is 0 Å². The van der Waals surface area contributed by atoms with Gasteiger partial charge in [-0.15, -0.1) is 11.8 Å². The average molecular weight is 146 g/mol. The van der Waals surface area contributed by atoms with E-state index in [1.54, 1.807) is 18.0 Å². The lowest BCUT2D eigenvalue weighted by Crippen LogP contribution is -1.77. The first-order valence-electron chi connectivity index (χ1n) is 2.08. The van der Waals surface area contributed by atoms with Crippen molar-refractivity contribution in [3.63, 3.8) is 0 Å². The Morgan fingerprint density at radius 1 is 1.88 bits per heavy atom. The average Bonchev–Trinajstić information content (AvgIpc) is 2.14. The third-order valence-corrected chi connectivity index (χ3v) is 2.58. The number of nitrogen functional groups attached to an aromatic ring is 1. The summed E-state index contributed by atoms with van der Waals surface area (Å²) >= 11 is 3.18. The van der Waals surface area contributed by atoms with Gasteiger partial charge in [0, 0.05) is 0 Å². The van der Waals surface area contributed by atoms with Gasteiger partial charge in [0.25, 0.3) is 0 Å². The lowest BCUT2D eigenvalue weighted by atomic mass is 11.0. The van der Waals surface area contributed by atoms with Gasteiger partial charge in [-0.2, -0.15) is 0 Å². The minimum absolute atomic E-state index is 0.648. The van der Waals surface area contributed by atoms with Crippen molar-refractivity contribution >= 4 is 28.2 Å². The molecule has 0 fully saturated rings. The molecule has 1 heterocycles. The molecule has 0 spiro atoms. The molecule has 0 saturated heterocycles. The van der Waals surface area contributed by atoms with E-state index in [9.17, 15) is 0 Å². The van der Waals surface area contributed by atoms with Crippen molar-refractivity contribution in [2.45, 2.75) is 4.21 Å². The van der Waals surface area contributed by atoms with Gasteiger partial charge in [-0.1, -0.05) is 11.3 Å². The Hall–Kier alpha value is -0.220. The standard InChI is InChI=1S/C4H6N2S2/c1-7-3-2-6-4(5)8-3/h2H,1H3,(H2,5,6). The van der Waals surface area contributed by atoms with Crippen molar-refractivity contribution < 1.29 is 0 Å². The second kappa shape index (κ2) is 2.37. The largest absolute Gasteiger partial charge is 0.375 e. The summed E-state index contributed by atoms with van der Waals surface area (Å²) in [5.41, 5.74) is 5.35. The van der Waals surface area contributed by atoms with E-state index in [0.717, 1.165) is 0 Å². The number of nitrogens with zero attached hydrogens (tertiary/aromatic N) is 1. The quantitative estimate of drug-likeness (QED) is 0.609. The highest BCUT2D eigenvalue weighted by Crippen LogP contribution is 2.23. The van der Waals surface area contributed by atoms with Gasteiger partial charge in [0.2, 0.25) is 0 Å². The van der Waals surface area contributed by atoms with Gasteiger partial charge in [-0.05, 0) is 6.26 Å². The van der Waals surface area contributed by atoms with Crippen LogP contribution >= 0.6 is 23.1 Å². The van der Waals surface area contributed by atoms with Crippen molar-refractivity contribution in [2.75, 3.05) is 12.0 Å². The summed E-state index contributed by atoms with van der Waals surface area (Å²) in [6.07, 6.45) is 3.79. The van der Waals surface area contributed by atoms with E-state index >= 15 is 0 Å². The second-order valence-electron chi connectivity index (χ2n) is 1.22. The first-order valence-corrected chi connectivity index (χ1v) is 4.12. The van der Waals surface area contributed by atoms with Gasteiger partial charge in [0.05, 0.1) is 10.4 Å². The number of hydrogen-bond acceptors (Lipinski definition) is 4. The van der Waals surface area contributed by atoms with Crippen LogP contribution in [0.1, 0.15) is 0 Å². The smallest absolute Gasteiger partial charge is 0.181 e. The lowest BCUT2D eigenvalue weighted by molar-refractivity contribution is 1.38. The Kier molecular flexibility index (Phi) is 1.75. The molecule has 1 rings (SSSR count). The molecule has 4 heteroatoms. The third-order valence-electron chi connectivity index (χ3n) is 0.704. The molecule has 2 nitrogen and oxygen atoms in total. The Labute approximate surface area is 56.1 Å². The molecular weight excluding hydrogens is 140 g/mol. The maximum atomic E-state index is 5.35. The Morgan fingerprint density at radius 3 is 2.88 bits per heavy atom. The second-order valence-corrected chi connectivity index (χ2v) is 3.39. The van der Waals surface area contributed by atoms with E-state index in [-0.39, 0.29) is 0 Å². The minimum atomic E-state index is 0.648. The summed E-state index contributed by atoms with van der Waals surface area (Å²) in [5, 5.41) is 0.648. The summed E-state index contributed by atoms with van der Waals surface area (Å²) in [6.45, 7) is 0. The summed E-state index contributed by atoms with van der Waals surface area (Å²) in [7, 11) is 0. The molecule has 1 aromatic rings. The number of rotatable bonds is 1. The summed E-state index contributed by atoms with van der Waals surface area (Å²) in [4.78, 5) is 3.86. The van der Waals surface area contributed by atoms with Crippen molar-refractivity contribution in [1.29, 1.82) is 0 Å². The number of thiazole rings is 1. The number of hydrogen-bond donors (Lipinski definition) is 1. The molecule has 44 valence electrons. The molecule has 0 radical (unpaired) electrons. The molecule has 2 N–H and O–H groups in total. The zero-order valence-corrected chi connectivity index (χ0v) is 6.05. The van der Waals surface area contributed by atoms with Gasteiger partial charge >= 0.3 is 0 Å². The summed E-state index contributed by atoms with van der Waals surface area (Å²) < 4.78 is 1.17. The molecular formula is C4H6N2S2. The molecule has 0 aliphatic carbocycles. The van der Waals surface area contributed by atoms with E-state index in [1.165, 1.54) is 15.5 Å². The van der Waals surface area contributed by atoms with E-state index in [0.29, 0.717) is 5.13 Å². The molecule has 0 saturated carbocycles. The molecule has 0 aliphatic rings. The molecule has 0 atom stereocenters. The fraction of sp³-hybridized carbons (Fsp3) is 0.250. The van der Waals surface area contributed by atoms with E-state index in [4.69, 9.17) is 5.73 Å². The summed E-state index contributed by atoms with van der Waals surface area (Å²) in [6, 6.07) is 0. The fourth-order valence-electron chi connectivity index (χ4n) is 0.366. The van der Waals surface area contributed by atoms with Gasteiger partial charge in [0.1, 0.15) is 0 Å². The topological polar surface area (TPSA) is 38.9 Å². The highest BCUT2D eigenvalue weighted by molar-refractivity contribution is 8.00. The van der Waals surface area contributed by atoms with Crippen molar-refractivity contribution in [2.24, 2.45) is 0 Å². The van der Waals surface area contributed by atoms with Gasteiger partial charge in [0.15, 0.2) is 5.13 Å². The molecule has 0 unspecified atom stereocenters. The van der Waals surface area contributed by atoms with Crippen LogP contribution in [0.4, 0.5) is 5.13 Å². The van der Waals surface area contributed by atoms with Gasteiger partial charge in [-0.25, -0.2) is 4.98 Å². The highest BCUT2D eigenvalue weighted by Gasteiger charge is 1.92. The molecule has 0 aromatic carbocycles. The molecule has 0 amide bonds. The lowest BCUT2D eigenvalue weighted by Gasteiger charge is -1.78. The number of nitrogens with two attached hydrogens (primary N) is 1. The van der Waals surface area contributed by atoms with Crippen LogP contribution < -0.4 is 5.73 Å². The van der Waals surface area contributed by atoms with Crippen molar-refractivity contribution in [1.82, 2.24) is 4.98 Å². The van der Waals surface area contributed by atoms with Crippen LogP contribution in [0.25, 0.3) is 0 Å². The van der Waals surface area contributed by atoms with Crippen LogP contribution in [-0.2, 0) is 0 Å². The van der Waals surface area contributed by atoms with Crippen molar-refractivity contribution in [3.8, 4) is 0 Å². The van der Waals surface area contributed by atoms with Gasteiger partial charge in [-0.3, -0.25) is 0 Å². The van der Waals surface area contributed by atoms with Crippen LogP contribution in [0, 0.1) is 0 Å². The zero-order valence-electron chi connectivity index (χ0n) is 4.42. The van der Waals surface area contributed by atoms with Crippen LogP contribution in [-0.4, -0.2) is 11.2 Å². The molecule has 8 heavy (non-hydrogen) atoms. The Balaban J connectivity index is 2.84. The molecule has 1 aromatic heterocycles. The Morgan fingerprint density at radius 2 is 2.62 bits per heavy atom. The first kappa shape index (κ1) is 5.91. The highest BCUT2D eigenvalue weighted by atomic mass is 32.2. The van der Waals surface area contributed by atoms with E-state index < -0.39 is 0 Å².